The average molecular weight is 370 g/mol. The molecule has 1 atom stereocenters. The molecule has 0 aliphatic rings. The van der Waals surface area contributed by atoms with Crippen molar-refractivity contribution in [2.75, 3.05) is 0 Å². The van der Waals surface area contributed by atoms with Gasteiger partial charge in [-0.1, -0.05) is 42.5 Å². The largest absolute Gasteiger partial charge is 0.350 e. The highest BCUT2D eigenvalue weighted by molar-refractivity contribution is 5.88. The van der Waals surface area contributed by atoms with E-state index in [1.807, 2.05) is 51.1 Å². The lowest BCUT2D eigenvalue weighted by molar-refractivity contribution is -0.140. The van der Waals surface area contributed by atoms with Gasteiger partial charge in [0.15, 0.2) is 0 Å². The van der Waals surface area contributed by atoms with Crippen molar-refractivity contribution in [3.63, 3.8) is 0 Å². The molecule has 2 amide bonds. The highest BCUT2D eigenvalue weighted by Crippen LogP contribution is 2.14. The minimum atomic E-state index is -0.627. The summed E-state index contributed by atoms with van der Waals surface area (Å²) >= 11 is 0. The molecule has 0 radical (unpaired) electrons. The maximum absolute atomic E-state index is 13.1. The van der Waals surface area contributed by atoms with Crippen LogP contribution in [0.3, 0.4) is 0 Å². The molecule has 0 bridgehead atoms. The Hall–Kier alpha value is -2.69. The normalized spacial score (nSPS) is 12.3. The summed E-state index contributed by atoms with van der Waals surface area (Å²) < 4.78 is 13.1. The van der Waals surface area contributed by atoms with Gasteiger partial charge in [-0.05, 0) is 51.0 Å². The second-order valence-electron chi connectivity index (χ2n) is 7.73. The van der Waals surface area contributed by atoms with Gasteiger partial charge in [0, 0.05) is 12.1 Å². The molecule has 5 heteroatoms. The molecule has 2 aromatic rings. The van der Waals surface area contributed by atoms with Gasteiger partial charge in [0.05, 0.1) is 6.42 Å². The van der Waals surface area contributed by atoms with Crippen LogP contribution in [-0.2, 0) is 22.6 Å². The minimum Gasteiger partial charge on any atom is -0.350 e. The molecule has 1 N–H and O–H groups in total. The van der Waals surface area contributed by atoms with Crippen LogP contribution in [0.15, 0.2) is 54.6 Å². The molecule has 0 spiro atoms. The highest BCUT2D eigenvalue weighted by atomic mass is 19.1. The lowest BCUT2D eigenvalue weighted by Crippen LogP contribution is -2.52. The molecular weight excluding hydrogens is 343 g/mol. The van der Waals surface area contributed by atoms with E-state index >= 15 is 0 Å². The standard InChI is InChI=1S/C22H27FN2O2/c1-16(21(27)24-22(2,3)4)25(15-18-8-6-5-7-9-18)20(26)14-17-10-12-19(23)13-11-17/h5-13,16H,14-15H2,1-4H3,(H,24,27). The van der Waals surface area contributed by atoms with Crippen LogP contribution in [0.5, 0.6) is 0 Å². The van der Waals surface area contributed by atoms with E-state index in [0.29, 0.717) is 12.1 Å². The maximum Gasteiger partial charge on any atom is 0.242 e. The van der Waals surface area contributed by atoms with Crippen LogP contribution in [0.4, 0.5) is 4.39 Å². The summed E-state index contributed by atoms with van der Waals surface area (Å²) in [4.78, 5) is 27.2. The summed E-state index contributed by atoms with van der Waals surface area (Å²) in [5.74, 6) is -0.724. The zero-order valence-electron chi connectivity index (χ0n) is 16.3. The van der Waals surface area contributed by atoms with Gasteiger partial charge >= 0.3 is 0 Å². The van der Waals surface area contributed by atoms with Crippen molar-refractivity contribution < 1.29 is 14.0 Å². The molecule has 4 nitrogen and oxygen atoms in total. The molecule has 0 aromatic heterocycles. The van der Waals surface area contributed by atoms with Crippen LogP contribution in [0.2, 0.25) is 0 Å². The molecule has 0 aliphatic carbocycles. The van der Waals surface area contributed by atoms with Gasteiger partial charge in [-0.3, -0.25) is 9.59 Å². The number of rotatable bonds is 6. The first kappa shape index (κ1) is 20.6. The van der Waals surface area contributed by atoms with Gasteiger partial charge in [0.2, 0.25) is 11.8 Å². The van der Waals surface area contributed by atoms with Crippen molar-refractivity contribution in [1.29, 1.82) is 0 Å². The predicted molar refractivity (Wildman–Crippen MR) is 104 cm³/mol. The third kappa shape index (κ3) is 6.51. The number of hydrogen-bond acceptors (Lipinski definition) is 2. The van der Waals surface area contributed by atoms with Crippen molar-refractivity contribution in [3.05, 3.63) is 71.5 Å². The Morgan fingerprint density at radius 2 is 1.59 bits per heavy atom. The van der Waals surface area contributed by atoms with Crippen LogP contribution >= 0.6 is 0 Å². The summed E-state index contributed by atoms with van der Waals surface area (Å²) in [6.07, 6.45) is 0.111. The van der Waals surface area contributed by atoms with E-state index in [2.05, 4.69) is 5.32 Å². The van der Waals surface area contributed by atoms with Crippen molar-refractivity contribution in [2.45, 2.75) is 52.2 Å². The summed E-state index contributed by atoms with van der Waals surface area (Å²) in [7, 11) is 0. The molecule has 2 aromatic carbocycles. The average Bonchev–Trinajstić information content (AvgIpc) is 2.60. The molecule has 0 saturated carbocycles. The summed E-state index contributed by atoms with van der Waals surface area (Å²) in [6, 6.07) is 14.8. The second-order valence-corrected chi connectivity index (χ2v) is 7.73. The van der Waals surface area contributed by atoms with Crippen LogP contribution in [-0.4, -0.2) is 28.3 Å². The van der Waals surface area contributed by atoms with E-state index in [0.717, 1.165) is 5.56 Å². The van der Waals surface area contributed by atoms with E-state index in [1.54, 1.807) is 24.0 Å². The minimum absolute atomic E-state index is 0.111. The van der Waals surface area contributed by atoms with Gasteiger partial charge in [-0.25, -0.2) is 4.39 Å². The van der Waals surface area contributed by atoms with Gasteiger partial charge in [-0.15, -0.1) is 0 Å². The number of carbonyl (C=O) groups excluding carboxylic acids is 2. The smallest absolute Gasteiger partial charge is 0.242 e. The van der Waals surface area contributed by atoms with Gasteiger partial charge < -0.3 is 10.2 Å². The van der Waals surface area contributed by atoms with Crippen LogP contribution in [0.1, 0.15) is 38.8 Å². The fourth-order valence-corrected chi connectivity index (χ4v) is 2.72. The molecule has 1 unspecified atom stereocenters. The SMILES string of the molecule is CC(C(=O)NC(C)(C)C)N(Cc1ccccc1)C(=O)Cc1ccc(F)cc1. The number of hydrogen-bond donors (Lipinski definition) is 1. The molecule has 144 valence electrons. The fraction of sp³-hybridized carbons (Fsp3) is 0.364. The number of carbonyl (C=O) groups is 2. The van der Waals surface area contributed by atoms with Crippen LogP contribution in [0, 0.1) is 5.82 Å². The molecule has 2 rings (SSSR count). The summed E-state index contributed by atoms with van der Waals surface area (Å²) in [5.41, 5.74) is 1.27. The first-order chi connectivity index (χ1) is 12.7. The first-order valence-corrected chi connectivity index (χ1v) is 9.05. The van der Waals surface area contributed by atoms with Gasteiger partial charge in [0.25, 0.3) is 0 Å². The Labute approximate surface area is 160 Å². The third-order valence-corrected chi connectivity index (χ3v) is 4.13. The fourth-order valence-electron chi connectivity index (χ4n) is 2.72. The lowest BCUT2D eigenvalue weighted by atomic mass is 10.1. The highest BCUT2D eigenvalue weighted by Gasteiger charge is 2.28. The van der Waals surface area contributed by atoms with E-state index in [1.165, 1.54) is 12.1 Å². The van der Waals surface area contributed by atoms with E-state index < -0.39 is 6.04 Å². The zero-order valence-corrected chi connectivity index (χ0v) is 16.3. The van der Waals surface area contributed by atoms with Crippen molar-refractivity contribution in [2.24, 2.45) is 0 Å². The monoisotopic (exact) mass is 370 g/mol. The molecule has 0 saturated heterocycles. The van der Waals surface area contributed by atoms with Gasteiger partial charge in [-0.2, -0.15) is 0 Å². The number of amides is 2. The van der Waals surface area contributed by atoms with E-state index in [-0.39, 0.29) is 29.6 Å². The van der Waals surface area contributed by atoms with E-state index in [9.17, 15) is 14.0 Å². The molecule has 27 heavy (non-hydrogen) atoms. The number of nitrogens with one attached hydrogen (secondary N) is 1. The Bertz CT molecular complexity index is 767. The number of nitrogens with zero attached hydrogens (tertiary/aromatic N) is 1. The van der Waals surface area contributed by atoms with Crippen LogP contribution < -0.4 is 5.32 Å². The predicted octanol–water partition coefficient (Wildman–Crippen LogP) is 3.70. The van der Waals surface area contributed by atoms with E-state index in [4.69, 9.17) is 0 Å². The first-order valence-electron chi connectivity index (χ1n) is 9.05. The Balaban J connectivity index is 2.21. The van der Waals surface area contributed by atoms with Crippen molar-refractivity contribution in [3.8, 4) is 0 Å². The summed E-state index contributed by atoms with van der Waals surface area (Å²) in [6.45, 7) is 7.77. The van der Waals surface area contributed by atoms with Crippen LogP contribution in [0.25, 0.3) is 0 Å². The maximum atomic E-state index is 13.1. The second kappa shape index (κ2) is 8.80. The Kier molecular flexibility index (Phi) is 6.72. The Morgan fingerprint density at radius 3 is 2.15 bits per heavy atom. The van der Waals surface area contributed by atoms with Gasteiger partial charge in [0.1, 0.15) is 11.9 Å². The number of halogens is 1. The molecule has 0 aliphatic heterocycles. The zero-order chi connectivity index (χ0) is 20.0. The Morgan fingerprint density at radius 1 is 1.00 bits per heavy atom. The topological polar surface area (TPSA) is 49.4 Å². The molecule has 0 fully saturated rings. The number of benzene rings is 2. The third-order valence-electron chi connectivity index (χ3n) is 4.13. The van der Waals surface area contributed by atoms with Crippen molar-refractivity contribution >= 4 is 11.8 Å². The molecule has 0 heterocycles. The lowest BCUT2D eigenvalue weighted by Gasteiger charge is -2.31. The quantitative estimate of drug-likeness (QED) is 0.843. The summed E-state index contributed by atoms with van der Waals surface area (Å²) in [5, 5.41) is 2.93. The van der Waals surface area contributed by atoms with Crippen molar-refractivity contribution in [1.82, 2.24) is 10.2 Å². The molecular formula is C22H27FN2O2.